The zero-order valence-electron chi connectivity index (χ0n) is 12.3. The average Bonchev–Trinajstić information content (AvgIpc) is 2.34. The fraction of sp³-hybridized carbons (Fsp3) is 0.625. The smallest absolute Gasteiger partial charge is 0.124 e. The number of hydrogen-bond donors (Lipinski definition) is 3. The minimum Gasteiger partial charge on any atom is -0.508 e. The Labute approximate surface area is 116 Å². The summed E-state index contributed by atoms with van der Waals surface area (Å²) >= 11 is 0. The van der Waals surface area contributed by atoms with Gasteiger partial charge in [0, 0.05) is 23.7 Å². The first kappa shape index (κ1) is 15.8. The summed E-state index contributed by atoms with van der Waals surface area (Å²) in [4.78, 5) is 0. The summed E-state index contributed by atoms with van der Waals surface area (Å²) in [7, 11) is 0. The van der Waals surface area contributed by atoms with E-state index in [-0.39, 0.29) is 17.5 Å². The van der Waals surface area contributed by atoms with Gasteiger partial charge in [0.05, 0.1) is 0 Å². The molecule has 3 nitrogen and oxygen atoms in total. The molecule has 0 aliphatic carbocycles. The first-order chi connectivity index (χ1) is 9.04. The zero-order valence-corrected chi connectivity index (χ0v) is 12.3. The highest BCUT2D eigenvalue weighted by Gasteiger charge is 2.13. The third kappa shape index (κ3) is 5.52. The van der Waals surface area contributed by atoms with Crippen molar-refractivity contribution in [3.05, 3.63) is 23.8 Å². The molecule has 0 heterocycles. The van der Waals surface area contributed by atoms with E-state index in [1.807, 2.05) is 6.92 Å². The molecule has 0 saturated heterocycles. The number of phenols is 2. The standard InChI is InChI=1S/C16H27NO2/c1-4-5-6-7-8-12(2)17-13(3)15-10-9-14(18)11-16(15)19/h9-13,17-19H,4-8H2,1-3H3. The molecule has 1 aromatic carbocycles. The van der Waals surface area contributed by atoms with Crippen molar-refractivity contribution in [2.75, 3.05) is 0 Å². The molecule has 0 aliphatic heterocycles. The molecule has 3 heteroatoms. The fourth-order valence-electron chi connectivity index (χ4n) is 2.38. The lowest BCUT2D eigenvalue weighted by molar-refractivity contribution is 0.411. The molecule has 2 unspecified atom stereocenters. The fourth-order valence-corrected chi connectivity index (χ4v) is 2.38. The first-order valence-electron chi connectivity index (χ1n) is 7.32. The van der Waals surface area contributed by atoms with Crippen molar-refractivity contribution in [3.63, 3.8) is 0 Å². The molecule has 0 fully saturated rings. The normalized spacial score (nSPS) is 14.3. The monoisotopic (exact) mass is 265 g/mol. The Morgan fingerprint density at radius 2 is 1.84 bits per heavy atom. The van der Waals surface area contributed by atoms with Gasteiger partial charge in [-0.2, -0.15) is 0 Å². The maximum Gasteiger partial charge on any atom is 0.124 e. The second-order valence-electron chi connectivity index (χ2n) is 5.38. The van der Waals surface area contributed by atoms with Gasteiger partial charge in [0.1, 0.15) is 11.5 Å². The van der Waals surface area contributed by atoms with Crippen molar-refractivity contribution in [1.29, 1.82) is 0 Å². The predicted molar refractivity (Wildman–Crippen MR) is 79.5 cm³/mol. The maximum absolute atomic E-state index is 9.82. The van der Waals surface area contributed by atoms with Crippen LogP contribution >= 0.6 is 0 Å². The van der Waals surface area contributed by atoms with Crippen molar-refractivity contribution in [2.24, 2.45) is 0 Å². The molecule has 3 N–H and O–H groups in total. The Morgan fingerprint density at radius 3 is 2.47 bits per heavy atom. The van der Waals surface area contributed by atoms with Gasteiger partial charge in [-0.3, -0.25) is 0 Å². The van der Waals surface area contributed by atoms with Gasteiger partial charge in [0.25, 0.3) is 0 Å². The van der Waals surface area contributed by atoms with Crippen LogP contribution in [0.1, 0.15) is 64.5 Å². The van der Waals surface area contributed by atoms with E-state index in [0.29, 0.717) is 6.04 Å². The minimum absolute atomic E-state index is 0.0850. The number of aromatic hydroxyl groups is 2. The quantitative estimate of drug-likeness (QED) is 0.620. The number of unbranched alkanes of at least 4 members (excludes halogenated alkanes) is 3. The van der Waals surface area contributed by atoms with E-state index in [1.165, 1.54) is 31.7 Å². The number of hydrogen-bond acceptors (Lipinski definition) is 3. The molecule has 1 aromatic rings. The summed E-state index contributed by atoms with van der Waals surface area (Å²) in [6.45, 7) is 6.44. The Morgan fingerprint density at radius 1 is 1.11 bits per heavy atom. The summed E-state index contributed by atoms with van der Waals surface area (Å²) in [5, 5.41) is 22.6. The lowest BCUT2D eigenvalue weighted by Crippen LogP contribution is -2.28. The van der Waals surface area contributed by atoms with E-state index in [0.717, 1.165) is 12.0 Å². The van der Waals surface area contributed by atoms with E-state index in [4.69, 9.17) is 0 Å². The van der Waals surface area contributed by atoms with Crippen molar-refractivity contribution >= 4 is 0 Å². The Balaban J connectivity index is 2.43. The van der Waals surface area contributed by atoms with Gasteiger partial charge >= 0.3 is 0 Å². The third-order valence-corrected chi connectivity index (χ3v) is 3.51. The topological polar surface area (TPSA) is 52.5 Å². The molecule has 19 heavy (non-hydrogen) atoms. The van der Waals surface area contributed by atoms with E-state index in [2.05, 4.69) is 19.2 Å². The number of benzene rings is 1. The molecule has 1 rings (SSSR count). The molecule has 0 aliphatic rings. The van der Waals surface area contributed by atoms with Crippen molar-refractivity contribution in [2.45, 2.75) is 65.0 Å². The van der Waals surface area contributed by atoms with Crippen LogP contribution in [0.5, 0.6) is 11.5 Å². The van der Waals surface area contributed by atoms with E-state index in [9.17, 15) is 10.2 Å². The van der Waals surface area contributed by atoms with Gasteiger partial charge in [0.2, 0.25) is 0 Å². The van der Waals surface area contributed by atoms with Crippen LogP contribution < -0.4 is 5.32 Å². The summed E-state index contributed by atoms with van der Waals surface area (Å²) in [5.41, 5.74) is 0.832. The van der Waals surface area contributed by atoms with E-state index in [1.54, 1.807) is 12.1 Å². The molecule has 108 valence electrons. The molecule has 0 spiro atoms. The lowest BCUT2D eigenvalue weighted by atomic mass is 10.0. The zero-order chi connectivity index (χ0) is 14.3. The molecule has 2 atom stereocenters. The molecule has 0 saturated carbocycles. The molecular weight excluding hydrogens is 238 g/mol. The predicted octanol–water partition coefficient (Wildman–Crippen LogP) is 4.11. The Kier molecular flexibility index (Phi) is 6.71. The summed E-state index contributed by atoms with van der Waals surface area (Å²) in [6, 6.07) is 5.28. The highest BCUT2D eigenvalue weighted by Crippen LogP contribution is 2.28. The Bertz CT molecular complexity index is 379. The summed E-state index contributed by atoms with van der Waals surface area (Å²) in [5.74, 6) is 0.249. The van der Waals surface area contributed by atoms with Gasteiger partial charge < -0.3 is 15.5 Å². The van der Waals surface area contributed by atoms with Gasteiger partial charge in [-0.25, -0.2) is 0 Å². The average molecular weight is 265 g/mol. The van der Waals surface area contributed by atoms with Crippen LogP contribution in [0, 0.1) is 0 Å². The first-order valence-corrected chi connectivity index (χ1v) is 7.32. The minimum atomic E-state index is 0.0850. The molecule has 0 bridgehead atoms. The highest BCUT2D eigenvalue weighted by molar-refractivity contribution is 5.40. The van der Waals surface area contributed by atoms with Crippen molar-refractivity contribution < 1.29 is 10.2 Å². The van der Waals surface area contributed by atoms with Gasteiger partial charge in [-0.1, -0.05) is 38.7 Å². The van der Waals surface area contributed by atoms with Crippen LogP contribution in [0.2, 0.25) is 0 Å². The second kappa shape index (κ2) is 8.05. The summed E-state index contributed by atoms with van der Waals surface area (Å²) in [6.07, 6.45) is 6.27. The Hall–Kier alpha value is -1.22. The maximum atomic E-state index is 9.82. The molecule has 0 amide bonds. The summed E-state index contributed by atoms with van der Waals surface area (Å²) < 4.78 is 0. The van der Waals surface area contributed by atoms with Crippen molar-refractivity contribution in [1.82, 2.24) is 5.32 Å². The van der Waals surface area contributed by atoms with Crippen LogP contribution in [-0.2, 0) is 0 Å². The second-order valence-corrected chi connectivity index (χ2v) is 5.38. The van der Waals surface area contributed by atoms with E-state index >= 15 is 0 Å². The van der Waals surface area contributed by atoms with Crippen LogP contribution in [0.3, 0.4) is 0 Å². The van der Waals surface area contributed by atoms with Gasteiger partial charge in [-0.15, -0.1) is 0 Å². The van der Waals surface area contributed by atoms with Crippen molar-refractivity contribution in [3.8, 4) is 11.5 Å². The van der Waals surface area contributed by atoms with Gasteiger partial charge in [-0.05, 0) is 26.3 Å². The number of phenolic OH excluding ortho intramolecular Hbond substituents is 2. The van der Waals surface area contributed by atoms with Crippen LogP contribution in [0.4, 0.5) is 0 Å². The van der Waals surface area contributed by atoms with Gasteiger partial charge in [0.15, 0.2) is 0 Å². The van der Waals surface area contributed by atoms with Crippen LogP contribution in [0.25, 0.3) is 0 Å². The van der Waals surface area contributed by atoms with Crippen LogP contribution in [-0.4, -0.2) is 16.3 Å². The largest absolute Gasteiger partial charge is 0.508 e. The molecule has 0 aromatic heterocycles. The van der Waals surface area contributed by atoms with E-state index < -0.39 is 0 Å². The molecular formula is C16H27NO2. The SMILES string of the molecule is CCCCCCC(C)NC(C)c1ccc(O)cc1O. The molecule has 0 radical (unpaired) electrons. The number of nitrogens with one attached hydrogen (secondary N) is 1. The van der Waals surface area contributed by atoms with Crippen LogP contribution in [0.15, 0.2) is 18.2 Å². The lowest BCUT2D eigenvalue weighted by Gasteiger charge is -2.21. The third-order valence-electron chi connectivity index (χ3n) is 3.51. The highest BCUT2D eigenvalue weighted by atomic mass is 16.3. The number of rotatable bonds is 8.